The molecule has 5 heteroatoms. The van der Waals surface area contributed by atoms with Crippen LogP contribution >= 0.6 is 0 Å². The Morgan fingerprint density at radius 1 is 1.37 bits per heavy atom. The van der Waals surface area contributed by atoms with Gasteiger partial charge in [0.25, 0.3) is 0 Å². The van der Waals surface area contributed by atoms with Gasteiger partial charge in [-0.2, -0.15) is 0 Å². The van der Waals surface area contributed by atoms with E-state index in [1.165, 1.54) is 0 Å². The van der Waals surface area contributed by atoms with Crippen LogP contribution in [0.5, 0.6) is 0 Å². The predicted octanol–water partition coefficient (Wildman–Crippen LogP) is 2.12. The van der Waals surface area contributed by atoms with Crippen molar-refractivity contribution < 1.29 is 9.90 Å². The molecule has 96 valence electrons. The summed E-state index contributed by atoms with van der Waals surface area (Å²) in [6.45, 7) is 0.601. The molecule has 0 atom stereocenters. The van der Waals surface area contributed by atoms with Crippen LogP contribution in [0.25, 0.3) is 10.9 Å². The second-order valence-corrected chi connectivity index (χ2v) is 4.49. The van der Waals surface area contributed by atoms with Crippen molar-refractivity contribution in [1.29, 1.82) is 0 Å². The summed E-state index contributed by atoms with van der Waals surface area (Å²) >= 11 is 0. The van der Waals surface area contributed by atoms with Gasteiger partial charge in [-0.1, -0.05) is 18.2 Å². The lowest BCUT2D eigenvalue weighted by Crippen LogP contribution is -2.03. The average Bonchev–Trinajstić information content (AvgIpc) is 2.96. The summed E-state index contributed by atoms with van der Waals surface area (Å²) in [5, 5.41) is 10.0. The maximum Gasteiger partial charge on any atom is 0.337 e. The van der Waals surface area contributed by atoms with Crippen molar-refractivity contribution in [2.24, 2.45) is 7.05 Å². The van der Waals surface area contributed by atoms with Crippen LogP contribution in [0.15, 0.2) is 43.0 Å². The third-order valence-corrected chi connectivity index (χ3v) is 3.27. The molecular formula is C14H13N3O2. The largest absolute Gasteiger partial charge is 0.478 e. The van der Waals surface area contributed by atoms with Gasteiger partial charge < -0.3 is 14.2 Å². The lowest BCUT2D eigenvalue weighted by atomic mass is 10.2. The van der Waals surface area contributed by atoms with E-state index in [9.17, 15) is 9.90 Å². The van der Waals surface area contributed by atoms with E-state index >= 15 is 0 Å². The van der Waals surface area contributed by atoms with E-state index in [0.717, 1.165) is 16.6 Å². The van der Waals surface area contributed by atoms with Crippen molar-refractivity contribution in [3.05, 3.63) is 54.2 Å². The number of para-hydroxylation sites is 1. The quantitative estimate of drug-likeness (QED) is 0.779. The van der Waals surface area contributed by atoms with Gasteiger partial charge in [-0.25, -0.2) is 9.78 Å². The summed E-state index contributed by atoms with van der Waals surface area (Å²) < 4.78 is 3.87. The third-order valence-electron chi connectivity index (χ3n) is 3.27. The fourth-order valence-corrected chi connectivity index (χ4v) is 2.26. The number of imidazole rings is 1. The molecule has 0 aliphatic rings. The highest BCUT2D eigenvalue weighted by atomic mass is 16.4. The van der Waals surface area contributed by atoms with Crippen molar-refractivity contribution in [3.63, 3.8) is 0 Å². The Bertz CT molecular complexity index is 755. The maximum atomic E-state index is 11.3. The summed E-state index contributed by atoms with van der Waals surface area (Å²) in [7, 11) is 1.92. The lowest BCUT2D eigenvalue weighted by Gasteiger charge is -2.05. The monoisotopic (exact) mass is 255 g/mol. The minimum Gasteiger partial charge on any atom is -0.478 e. The molecule has 0 amide bonds. The van der Waals surface area contributed by atoms with Crippen LogP contribution in [-0.2, 0) is 13.6 Å². The topological polar surface area (TPSA) is 60.0 Å². The average molecular weight is 255 g/mol. The van der Waals surface area contributed by atoms with Gasteiger partial charge in [0.2, 0.25) is 0 Å². The number of carbonyl (C=O) groups is 1. The smallest absolute Gasteiger partial charge is 0.337 e. The van der Waals surface area contributed by atoms with Crippen LogP contribution in [0.2, 0.25) is 0 Å². The Morgan fingerprint density at radius 2 is 2.16 bits per heavy atom. The Morgan fingerprint density at radius 3 is 2.84 bits per heavy atom. The first-order chi connectivity index (χ1) is 9.16. The molecule has 3 rings (SSSR count). The first-order valence-electron chi connectivity index (χ1n) is 5.93. The molecule has 0 aliphatic heterocycles. The van der Waals surface area contributed by atoms with E-state index in [1.807, 2.05) is 40.4 Å². The SMILES string of the molecule is Cn1cncc1Cn1cc(C(=O)O)c2ccccc21. The molecule has 0 bridgehead atoms. The Balaban J connectivity index is 2.14. The van der Waals surface area contributed by atoms with Crippen LogP contribution in [-0.4, -0.2) is 25.2 Å². The van der Waals surface area contributed by atoms with Crippen molar-refractivity contribution in [3.8, 4) is 0 Å². The lowest BCUT2D eigenvalue weighted by molar-refractivity contribution is 0.0699. The molecule has 1 aromatic carbocycles. The number of nitrogens with zero attached hydrogens (tertiary/aromatic N) is 3. The standard InChI is InChI=1S/C14H13N3O2/c1-16-9-15-6-10(16)7-17-8-12(14(18)19)11-4-2-3-5-13(11)17/h2-6,8-9H,7H2,1H3,(H,18,19). The molecule has 0 radical (unpaired) electrons. The van der Waals surface area contributed by atoms with Gasteiger partial charge in [-0.05, 0) is 6.07 Å². The van der Waals surface area contributed by atoms with Gasteiger partial charge in [0, 0.05) is 30.3 Å². The van der Waals surface area contributed by atoms with Crippen LogP contribution < -0.4 is 0 Å². The normalized spacial score (nSPS) is 11.0. The zero-order valence-corrected chi connectivity index (χ0v) is 10.4. The van der Waals surface area contributed by atoms with E-state index in [4.69, 9.17) is 0 Å². The van der Waals surface area contributed by atoms with E-state index < -0.39 is 5.97 Å². The molecule has 0 fully saturated rings. The highest BCUT2D eigenvalue weighted by molar-refractivity contribution is 6.03. The van der Waals surface area contributed by atoms with Gasteiger partial charge in [-0.3, -0.25) is 0 Å². The van der Waals surface area contributed by atoms with Crippen LogP contribution in [0, 0.1) is 0 Å². The first kappa shape index (κ1) is 11.5. The minimum absolute atomic E-state index is 0.331. The van der Waals surface area contributed by atoms with Crippen molar-refractivity contribution in [1.82, 2.24) is 14.1 Å². The number of aromatic carboxylic acids is 1. The number of aromatic nitrogens is 3. The van der Waals surface area contributed by atoms with Crippen molar-refractivity contribution in [2.75, 3.05) is 0 Å². The fraction of sp³-hybridized carbons (Fsp3) is 0.143. The number of aryl methyl sites for hydroxylation is 1. The maximum absolute atomic E-state index is 11.3. The summed E-state index contributed by atoms with van der Waals surface area (Å²) in [5.41, 5.74) is 2.27. The van der Waals surface area contributed by atoms with Gasteiger partial charge in [-0.15, -0.1) is 0 Å². The number of hydrogen-bond donors (Lipinski definition) is 1. The molecule has 0 unspecified atom stereocenters. The Hall–Kier alpha value is -2.56. The molecule has 0 spiro atoms. The fourth-order valence-electron chi connectivity index (χ4n) is 2.26. The molecule has 0 saturated heterocycles. The Kier molecular flexibility index (Phi) is 2.59. The van der Waals surface area contributed by atoms with E-state index in [-0.39, 0.29) is 0 Å². The van der Waals surface area contributed by atoms with E-state index in [2.05, 4.69) is 4.98 Å². The summed E-state index contributed by atoms with van der Waals surface area (Å²) in [6, 6.07) is 7.52. The predicted molar refractivity (Wildman–Crippen MR) is 71.2 cm³/mol. The van der Waals surface area contributed by atoms with Gasteiger partial charge in [0.15, 0.2) is 0 Å². The molecule has 1 N–H and O–H groups in total. The van der Waals surface area contributed by atoms with E-state index in [1.54, 1.807) is 18.7 Å². The van der Waals surface area contributed by atoms with Crippen LogP contribution in [0.1, 0.15) is 16.1 Å². The number of rotatable bonds is 3. The molecule has 3 aromatic rings. The summed E-state index contributed by atoms with van der Waals surface area (Å²) in [4.78, 5) is 15.3. The zero-order chi connectivity index (χ0) is 13.4. The third kappa shape index (κ3) is 1.89. The molecule has 0 aliphatic carbocycles. The highest BCUT2D eigenvalue weighted by Gasteiger charge is 2.14. The summed E-state index contributed by atoms with van der Waals surface area (Å²) in [6.07, 6.45) is 5.20. The second kappa shape index (κ2) is 4.28. The van der Waals surface area contributed by atoms with Gasteiger partial charge >= 0.3 is 5.97 Å². The highest BCUT2D eigenvalue weighted by Crippen LogP contribution is 2.22. The van der Waals surface area contributed by atoms with Gasteiger partial charge in [0.05, 0.1) is 24.1 Å². The molecule has 0 saturated carbocycles. The molecular weight excluding hydrogens is 242 g/mol. The first-order valence-corrected chi connectivity index (χ1v) is 5.93. The van der Waals surface area contributed by atoms with Crippen molar-refractivity contribution >= 4 is 16.9 Å². The minimum atomic E-state index is -0.903. The number of fused-ring (bicyclic) bond motifs is 1. The van der Waals surface area contributed by atoms with Crippen molar-refractivity contribution in [2.45, 2.75) is 6.54 Å². The Labute approximate surface area is 109 Å². The molecule has 2 heterocycles. The van der Waals surface area contributed by atoms with Gasteiger partial charge in [0.1, 0.15) is 0 Å². The molecule has 5 nitrogen and oxygen atoms in total. The number of carboxylic acids is 1. The number of benzene rings is 1. The second-order valence-electron chi connectivity index (χ2n) is 4.49. The molecule has 2 aromatic heterocycles. The number of carboxylic acid groups (broad SMARTS) is 1. The molecule has 19 heavy (non-hydrogen) atoms. The summed E-state index contributed by atoms with van der Waals surface area (Å²) in [5.74, 6) is -0.903. The van der Waals surface area contributed by atoms with Crippen LogP contribution in [0.4, 0.5) is 0 Å². The van der Waals surface area contributed by atoms with E-state index in [0.29, 0.717) is 12.1 Å². The number of hydrogen-bond acceptors (Lipinski definition) is 2. The van der Waals surface area contributed by atoms with Crippen LogP contribution in [0.3, 0.4) is 0 Å². The zero-order valence-electron chi connectivity index (χ0n) is 10.4.